The average molecular weight is 487 g/mol. The van der Waals surface area contributed by atoms with E-state index in [9.17, 15) is 4.79 Å². The zero-order valence-corrected chi connectivity index (χ0v) is 20.0. The molecule has 32 heavy (non-hydrogen) atoms. The molecule has 166 valence electrons. The Morgan fingerprint density at radius 2 is 2.03 bits per heavy atom. The molecular weight excluding hydrogens is 464 g/mol. The Morgan fingerprint density at radius 3 is 2.75 bits per heavy atom. The molecule has 9 heteroatoms. The highest BCUT2D eigenvalue weighted by molar-refractivity contribution is 7.20. The molecule has 4 heterocycles. The Bertz CT molecular complexity index is 1210. The van der Waals surface area contributed by atoms with Crippen LogP contribution in [0, 0.1) is 6.92 Å². The molecule has 0 bridgehead atoms. The maximum Gasteiger partial charge on any atom is 0.261 e. The zero-order chi connectivity index (χ0) is 22.1. The number of carbonyl (C=O) groups excluding carboxylic acids is 1. The molecule has 6 nitrogen and oxygen atoms in total. The van der Waals surface area contributed by atoms with E-state index in [-0.39, 0.29) is 11.9 Å². The van der Waals surface area contributed by atoms with E-state index in [1.54, 1.807) is 11.3 Å². The van der Waals surface area contributed by atoms with E-state index in [1.165, 1.54) is 16.2 Å². The Balaban J connectivity index is 1.36. The van der Waals surface area contributed by atoms with Crippen molar-refractivity contribution in [2.75, 3.05) is 32.8 Å². The summed E-state index contributed by atoms with van der Waals surface area (Å²) in [5.74, 6) is -0.0527. The van der Waals surface area contributed by atoms with Crippen LogP contribution in [-0.2, 0) is 4.74 Å². The number of carbonyl (C=O) groups is 1. The molecule has 1 aliphatic rings. The van der Waals surface area contributed by atoms with E-state index < -0.39 is 0 Å². The van der Waals surface area contributed by atoms with Gasteiger partial charge in [0.15, 0.2) is 0 Å². The molecule has 0 spiro atoms. The summed E-state index contributed by atoms with van der Waals surface area (Å²) < 4.78 is 7.39. The maximum atomic E-state index is 13.1. The van der Waals surface area contributed by atoms with Crippen molar-refractivity contribution in [1.82, 2.24) is 20.0 Å². The summed E-state index contributed by atoms with van der Waals surface area (Å²) in [6, 6.07) is 13.9. The van der Waals surface area contributed by atoms with Gasteiger partial charge in [-0.05, 0) is 48.7 Å². The summed E-state index contributed by atoms with van der Waals surface area (Å²) in [5.41, 5.74) is 1.82. The van der Waals surface area contributed by atoms with Gasteiger partial charge in [-0.3, -0.25) is 9.69 Å². The highest BCUT2D eigenvalue weighted by Gasteiger charge is 2.25. The van der Waals surface area contributed by atoms with Gasteiger partial charge in [0.2, 0.25) is 0 Å². The first-order chi connectivity index (χ1) is 15.6. The molecule has 3 aromatic heterocycles. The lowest BCUT2D eigenvalue weighted by Crippen LogP contribution is -2.43. The van der Waals surface area contributed by atoms with E-state index >= 15 is 0 Å². The molecule has 0 saturated carbocycles. The zero-order valence-electron chi connectivity index (χ0n) is 17.6. The van der Waals surface area contributed by atoms with Gasteiger partial charge < -0.3 is 10.1 Å². The Hall–Kier alpha value is -2.23. The summed E-state index contributed by atoms with van der Waals surface area (Å²) in [6.45, 7) is 5.73. The van der Waals surface area contributed by atoms with Crippen molar-refractivity contribution in [3.63, 3.8) is 0 Å². The molecule has 4 aromatic rings. The van der Waals surface area contributed by atoms with Crippen LogP contribution in [0.4, 0.5) is 0 Å². The number of benzene rings is 1. The fourth-order valence-corrected chi connectivity index (χ4v) is 6.06. The van der Waals surface area contributed by atoms with Gasteiger partial charge in [-0.2, -0.15) is 5.10 Å². The molecule has 0 aliphatic carbocycles. The van der Waals surface area contributed by atoms with Crippen molar-refractivity contribution in [2.45, 2.75) is 13.0 Å². The third-order valence-electron chi connectivity index (χ3n) is 5.65. The van der Waals surface area contributed by atoms with Gasteiger partial charge in [-0.25, -0.2) is 4.68 Å². The number of aromatic nitrogens is 2. The van der Waals surface area contributed by atoms with E-state index in [2.05, 4.69) is 32.8 Å². The van der Waals surface area contributed by atoms with Crippen molar-refractivity contribution in [3.05, 3.63) is 68.3 Å². The number of nitrogens with one attached hydrogen (secondary N) is 1. The standard InChI is InChI=1S/C23H23ClN4O2S2/c1-15-18-13-21(32-23(18)28(26-15)17-6-4-16(24)5-7-17)22(29)25-14-19(20-3-2-12-31-20)27-8-10-30-11-9-27/h2-7,12-13,19H,8-11,14H2,1H3,(H,25,29). The number of ether oxygens (including phenoxy) is 1. The quantitative estimate of drug-likeness (QED) is 0.420. The van der Waals surface area contributed by atoms with Crippen LogP contribution in [0.5, 0.6) is 0 Å². The Labute approximate surface area is 199 Å². The summed E-state index contributed by atoms with van der Waals surface area (Å²) in [6.07, 6.45) is 0. The lowest BCUT2D eigenvalue weighted by Gasteiger charge is -2.34. The molecular formula is C23H23ClN4O2S2. The van der Waals surface area contributed by atoms with Crippen LogP contribution in [-0.4, -0.2) is 53.4 Å². The van der Waals surface area contributed by atoms with E-state index in [0.717, 1.165) is 47.9 Å². The van der Waals surface area contributed by atoms with Crippen LogP contribution >= 0.6 is 34.3 Å². The first kappa shape index (κ1) is 21.6. The molecule has 1 amide bonds. The summed E-state index contributed by atoms with van der Waals surface area (Å²) in [5, 5.41) is 11.6. The summed E-state index contributed by atoms with van der Waals surface area (Å²) >= 11 is 9.22. The first-order valence-electron chi connectivity index (χ1n) is 10.5. The lowest BCUT2D eigenvalue weighted by atomic mass is 10.2. The second kappa shape index (κ2) is 9.33. The predicted octanol–water partition coefficient (Wildman–Crippen LogP) is 4.91. The summed E-state index contributed by atoms with van der Waals surface area (Å²) in [7, 11) is 0. The van der Waals surface area contributed by atoms with Crippen molar-refractivity contribution in [3.8, 4) is 5.69 Å². The highest BCUT2D eigenvalue weighted by Crippen LogP contribution is 2.31. The second-order valence-electron chi connectivity index (χ2n) is 7.69. The predicted molar refractivity (Wildman–Crippen MR) is 130 cm³/mol. The summed E-state index contributed by atoms with van der Waals surface area (Å²) in [4.78, 5) is 18.4. The molecule has 1 N–H and O–H groups in total. The molecule has 1 atom stereocenters. The minimum atomic E-state index is -0.0527. The number of hydrogen-bond acceptors (Lipinski definition) is 6. The number of thiophene rings is 2. The van der Waals surface area contributed by atoms with Crippen LogP contribution in [0.15, 0.2) is 47.8 Å². The fourth-order valence-electron chi connectivity index (χ4n) is 3.97. The molecule has 1 fully saturated rings. The van der Waals surface area contributed by atoms with Crippen LogP contribution in [0.1, 0.15) is 26.3 Å². The van der Waals surface area contributed by atoms with E-state index in [1.807, 2.05) is 41.9 Å². The number of fused-ring (bicyclic) bond motifs is 1. The van der Waals surface area contributed by atoms with Crippen LogP contribution in [0.25, 0.3) is 15.9 Å². The van der Waals surface area contributed by atoms with E-state index in [0.29, 0.717) is 16.4 Å². The first-order valence-corrected chi connectivity index (χ1v) is 12.6. The normalized spacial score (nSPS) is 15.8. The number of halogens is 1. The topological polar surface area (TPSA) is 59.4 Å². The van der Waals surface area contributed by atoms with E-state index in [4.69, 9.17) is 16.3 Å². The average Bonchev–Trinajstić information content (AvgIpc) is 3.54. The maximum absolute atomic E-state index is 13.1. The number of amides is 1. The van der Waals surface area contributed by atoms with Gasteiger partial charge in [0.1, 0.15) is 4.83 Å². The van der Waals surface area contributed by atoms with Crippen LogP contribution in [0.3, 0.4) is 0 Å². The molecule has 1 aliphatic heterocycles. The van der Waals surface area contributed by atoms with Gasteiger partial charge in [0, 0.05) is 34.9 Å². The van der Waals surface area contributed by atoms with Crippen LogP contribution in [0.2, 0.25) is 5.02 Å². The van der Waals surface area contributed by atoms with Gasteiger partial charge in [0.25, 0.3) is 5.91 Å². The monoisotopic (exact) mass is 486 g/mol. The number of morpholine rings is 1. The van der Waals surface area contributed by atoms with Crippen LogP contribution < -0.4 is 5.32 Å². The van der Waals surface area contributed by atoms with Gasteiger partial charge >= 0.3 is 0 Å². The van der Waals surface area contributed by atoms with Crippen molar-refractivity contribution in [2.24, 2.45) is 0 Å². The third-order valence-corrected chi connectivity index (χ3v) is 7.99. The van der Waals surface area contributed by atoms with Crippen molar-refractivity contribution in [1.29, 1.82) is 0 Å². The fraction of sp³-hybridized carbons (Fsp3) is 0.304. The number of nitrogens with zero attached hydrogens (tertiary/aromatic N) is 3. The lowest BCUT2D eigenvalue weighted by molar-refractivity contribution is 0.0169. The number of hydrogen-bond donors (Lipinski definition) is 1. The second-order valence-corrected chi connectivity index (χ2v) is 10.1. The van der Waals surface area contributed by atoms with Crippen molar-refractivity contribution >= 4 is 50.4 Å². The Kier molecular flexibility index (Phi) is 6.30. The highest BCUT2D eigenvalue weighted by atomic mass is 35.5. The number of rotatable bonds is 6. The number of aryl methyl sites for hydroxylation is 1. The minimum Gasteiger partial charge on any atom is -0.379 e. The molecule has 5 rings (SSSR count). The molecule has 1 unspecified atom stereocenters. The Morgan fingerprint density at radius 1 is 1.25 bits per heavy atom. The molecule has 1 saturated heterocycles. The molecule has 1 aromatic carbocycles. The van der Waals surface area contributed by atoms with Gasteiger partial charge in [0.05, 0.1) is 35.5 Å². The van der Waals surface area contributed by atoms with Gasteiger partial charge in [-0.1, -0.05) is 17.7 Å². The third kappa shape index (κ3) is 4.33. The molecule has 0 radical (unpaired) electrons. The van der Waals surface area contributed by atoms with Gasteiger partial charge in [-0.15, -0.1) is 22.7 Å². The minimum absolute atomic E-state index is 0.0527. The van der Waals surface area contributed by atoms with Crippen molar-refractivity contribution < 1.29 is 9.53 Å². The SMILES string of the molecule is Cc1nn(-c2ccc(Cl)cc2)c2sc(C(=O)NCC(c3cccs3)N3CCOCC3)cc12. The largest absolute Gasteiger partial charge is 0.379 e. The smallest absolute Gasteiger partial charge is 0.261 e.